The summed E-state index contributed by atoms with van der Waals surface area (Å²) in [6, 6.07) is 4.49. The van der Waals surface area contributed by atoms with Crippen LogP contribution in [0.2, 0.25) is 0 Å². The van der Waals surface area contributed by atoms with Crippen LogP contribution in [0.25, 0.3) is 0 Å². The normalized spacial score (nSPS) is 14.6. The van der Waals surface area contributed by atoms with E-state index < -0.39 is 0 Å². The molecule has 1 aliphatic carbocycles. The summed E-state index contributed by atoms with van der Waals surface area (Å²) in [7, 11) is 1.72. The highest BCUT2D eigenvalue weighted by atomic mass is 32.1. The fourth-order valence-corrected chi connectivity index (χ4v) is 2.12. The van der Waals surface area contributed by atoms with Crippen LogP contribution >= 0.6 is 12.2 Å². The van der Waals surface area contributed by atoms with Gasteiger partial charge >= 0.3 is 0 Å². The largest absolute Gasteiger partial charge is 0.389 e. The summed E-state index contributed by atoms with van der Waals surface area (Å²) < 4.78 is 5.16. The van der Waals surface area contributed by atoms with Gasteiger partial charge in [0.15, 0.2) is 0 Å². The van der Waals surface area contributed by atoms with E-state index in [1.165, 1.54) is 12.8 Å². The molecule has 18 heavy (non-hydrogen) atoms. The van der Waals surface area contributed by atoms with E-state index in [9.17, 15) is 0 Å². The zero-order valence-electron chi connectivity index (χ0n) is 10.8. The van der Waals surface area contributed by atoms with Crippen molar-refractivity contribution in [2.24, 2.45) is 5.73 Å². The summed E-state index contributed by atoms with van der Waals surface area (Å²) in [4.78, 5) is 7.30. The lowest BCUT2D eigenvalue weighted by Crippen LogP contribution is -2.30. The monoisotopic (exact) mass is 265 g/mol. The highest BCUT2D eigenvalue weighted by Gasteiger charge is 2.30. The summed E-state index contributed by atoms with van der Waals surface area (Å²) >= 11 is 5.04. The summed E-state index contributed by atoms with van der Waals surface area (Å²) in [5.41, 5.74) is 7.53. The van der Waals surface area contributed by atoms with E-state index >= 15 is 0 Å². The molecule has 0 radical (unpaired) electrons. The van der Waals surface area contributed by atoms with Crippen LogP contribution in [-0.4, -0.2) is 36.3 Å². The van der Waals surface area contributed by atoms with Crippen molar-refractivity contribution < 1.29 is 4.74 Å². The Morgan fingerprint density at radius 1 is 1.56 bits per heavy atom. The predicted octanol–water partition coefficient (Wildman–Crippen LogP) is 1.64. The maximum Gasteiger partial charge on any atom is 0.129 e. The molecule has 0 bridgehead atoms. The Morgan fingerprint density at radius 2 is 2.28 bits per heavy atom. The Bertz CT molecular complexity index is 446. The van der Waals surface area contributed by atoms with Gasteiger partial charge in [-0.2, -0.15) is 0 Å². The van der Waals surface area contributed by atoms with Gasteiger partial charge in [0.25, 0.3) is 0 Å². The minimum absolute atomic E-state index is 0.421. The number of hydrogen-bond donors (Lipinski definition) is 1. The van der Waals surface area contributed by atoms with Crippen LogP contribution in [0.3, 0.4) is 0 Å². The number of aryl methyl sites for hydroxylation is 1. The molecule has 0 aromatic carbocycles. The third-order valence-electron chi connectivity index (χ3n) is 3.04. The van der Waals surface area contributed by atoms with Gasteiger partial charge in [-0.15, -0.1) is 0 Å². The van der Waals surface area contributed by atoms with Gasteiger partial charge in [-0.25, -0.2) is 4.98 Å². The van der Waals surface area contributed by atoms with Gasteiger partial charge in [0, 0.05) is 31.0 Å². The Labute approximate surface area is 113 Å². The molecule has 1 aliphatic rings. The van der Waals surface area contributed by atoms with Crippen LogP contribution in [0.5, 0.6) is 0 Å². The molecular formula is C13H19N3OS. The van der Waals surface area contributed by atoms with Crippen LogP contribution in [0.4, 0.5) is 5.82 Å². The lowest BCUT2D eigenvalue weighted by molar-refractivity contribution is 0.204. The van der Waals surface area contributed by atoms with E-state index in [0.29, 0.717) is 17.6 Å². The maximum absolute atomic E-state index is 5.70. The number of thiocarbonyl (C=S) groups is 1. The summed E-state index contributed by atoms with van der Waals surface area (Å²) in [5, 5.41) is 0. The molecule has 4 nitrogen and oxygen atoms in total. The summed E-state index contributed by atoms with van der Waals surface area (Å²) in [6.07, 6.45) is 2.45. The Morgan fingerprint density at radius 3 is 2.83 bits per heavy atom. The van der Waals surface area contributed by atoms with Crippen LogP contribution in [0.1, 0.15) is 24.1 Å². The van der Waals surface area contributed by atoms with E-state index in [0.717, 1.165) is 23.6 Å². The first-order valence-electron chi connectivity index (χ1n) is 6.16. The minimum Gasteiger partial charge on any atom is -0.389 e. The van der Waals surface area contributed by atoms with Gasteiger partial charge in [-0.3, -0.25) is 0 Å². The van der Waals surface area contributed by atoms with Gasteiger partial charge in [0.1, 0.15) is 10.8 Å². The second kappa shape index (κ2) is 5.63. The average Bonchev–Trinajstić information content (AvgIpc) is 3.13. The molecule has 1 aromatic heterocycles. The van der Waals surface area contributed by atoms with Crippen molar-refractivity contribution in [1.29, 1.82) is 0 Å². The number of rotatable bonds is 6. The first-order chi connectivity index (χ1) is 8.61. The number of methoxy groups -OCH3 is 1. The molecule has 1 heterocycles. The standard InChI is InChI=1S/C13H19N3OS/c1-9-7-10(13(14)18)8-12(15-9)16(5-6-17-2)11-3-4-11/h7-8,11H,3-6H2,1-2H3,(H2,14,18). The molecule has 0 aliphatic heterocycles. The summed E-state index contributed by atoms with van der Waals surface area (Å²) in [5.74, 6) is 0.956. The number of hydrogen-bond acceptors (Lipinski definition) is 4. The molecule has 0 saturated heterocycles. The van der Waals surface area contributed by atoms with Crippen LogP contribution in [0, 0.1) is 6.92 Å². The van der Waals surface area contributed by atoms with Crippen molar-refractivity contribution in [1.82, 2.24) is 4.98 Å². The Kier molecular flexibility index (Phi) is 4.14. The maximum atomic E-state index is 5.70. The first-order valence-corrected chi connectivity index (χ1v) is 6.56. The molecule has 5 heteroatoms. The zero-order chi connectivity index (χ0) is 13.1. The number of anilines is 1. The lowest BCUT2D eigenvalue weighted by atomic mass is 10.2. The third kappa shape index (κ3) is 3.17. The van der Waals surface area contributed by atoms with Gasteiger partial charge in [-0.05, 0) is 31.9 Å². The molecule has 1 aromatic rings. The second-order valence-corrected chi connectivity index (χ2v) is 5.08. The highest BCUT2D eigenvalue weighted by molar-refractivity contribution is 7.80. The SMILES string of the molecule is COCCN(c1cc(C(N)=S)cc(C)n1)C1CC1. The fraction of sp³-hybridized carbons (Fsp3) is 0.538. The topological polar surface area (TPSA) is 51.4 Å². The quantitative estimate of drug-likeness (QED) is 0.792. The molecular weight excluding hydrogens is 246 g/mol. The number of pyridine rings is 1. The molecule has 2 rings (SSSR count). The van der Waals surface area contributed by atoms with Crippen molar-refractivity contribution in [2.75, 3.05) is 25.2 Å². The highest BCUT2D eigenvalue weighted by Crippen LogP contribution is 2.31. The van der Waals surface area contributed by atoms with E-state index in [4.69, 9.17) is 22.7 Å². The second-order valence-electron chi connectivity index (χ2n) is 4.64. The van der Waals surface area contributed by atoms with Gasteiger partial charge in [0.05, 0.1) is 6.61 Å². The van der Waals surface area contributed by atoms with E-state index in [-0.39, 0.29) is 0 Å². The number of aromatic nitrogens is 1. The van der Waals surface area contributed by atoms with Crippen molar-refractivity contribution in [3.63, 3.8) is 0 Å². The van der Waals surface area contributed by atoms with Crippen LogP contribution in [-0.2, 0) is 4.74 Å². The zero-order valence-corrected chi connectivity index (χ0v) is 11.7. The molecule has 0 atom stereocenters. The van der Waals surface area contributed by atoms with Crippen molar-refractivity contribution in [3.8, 4) is 0 Å². The molecule has 0 unspecified atom stereocenters. The predicted molar refractivity (Wildman–Crippen MR) is 77.1 cm³/mol. The van der Waals surface area contributed by atoms with Crippen molar-refractivity contribution >= 4 is 23.0 Å². The van der Waals surface area contributed by atoms with Gasteiger partial charge in [0.2, 0.25) is 0 Å². The first kappa shape index (κ1) is 13.2. The molecule has 2 N–H and O–H groups in total. The lowest BCUT2D eigenvalue weighted by Gasteiger charge is -2.24. The molecule has 1 saturated carbocycles. The molecule has 1 fully saturated rings. The minimum atomic E-state index is 0.421. The van der Waals surface area contributed by atoms with Crippen molar-refractivity contribution in [3.05, 3.63) is 23.4 Å². The van der Waals surface area contributed by atoms with Crippen LogP contribution < -0.4 is 10.6 Å². The van der Waals surface area contributed by atoms with Crippen molar-refractivity contribution in [2.45, 2.75) is 25.8 Å². The molecule has 98 valence electrons. The summed E-state index contributed by atoms with van der Waals surface area (Å²) in [6.45, 7) is 3.52. The number of nitrogens with two attached hydrogens (primary N) is 1. The number of ether oxygens (including phenoxy) is 1. The molecule has 0 spiro atoms. The van der Waals surface area contributed by atoms with E-state index in [1.54, 1.807) is 7.11 Å². The van der Waals surface area contributed by atoms with Crippen LogP contribution in [0.15, 0.2) is 12.1 Å². The van der Waals surface area contributed by atoms with E-state index in [2.05, 4.69) is 9.88 Å². The number of nitrogens with zero attached hydrogens (tertiary/aromatic N) is 2. The fourth-order valence-electron chi connectivity index (χ4n) is 2.00. The third-order valence-corrected chi connectivity index (χ3v) is 3.28. The van der Waals surface area contributed by atoms with Gasteiger partial charge in [-0.1, -0.05) is 12.2 Å². The Hall–Kier alpha value is -1.20. The van der Waals surface area contributed by atoms with Gasteiger partial charge < -0.3 is 15.4 Å². The average molecular weight is 265 g/mol. The Balaban J connectivity index is 2.25. The smallest absolute Gasteiger partial charge is 0.129 e. The van der Waals surface area contributed by atoms with E-state index in [1.807, 2.05) is 19.1 Å². The molecule has 0 amide bonds.